The van der Waals surface area contributed by atoms with Gasteiger partial charge in [0.25, 0.3) is 5.91 Å². The van der Waals surface area contributed by atoms with Crippen molar-refractivity contribution in [2.45, 2.75) is 19.4 Å². The zero-order valence-electron chi connectivity index (χ0n) is 11.8. The molecule has 0 unspecified atom stereocenters. The summed E-state index contributed by atoms with van der Waals surface area (Å²) in [6, 6.07) is 4.91. The zero-order valence-corrected chi connectivity index (χ0v) is 12.6. The van der Waals surface area contributed by atoms with Crippen LogP contribution in [0.25, 0.3) is 0 Å². The quantitative estimate of drug-likeness (QED) is 0.831. The Balaban J connectivity index is 0.00000200. The highest BCUT2D eigenvalue weighted by Gasteiger charge is 2.43. The molecule has 0 saturated carbocycles. The monoisotopic (exact) mass is 298 g/mol. The summed E-state index contributed by atoms with van der Waals surface area (Å²) in [6.45, 7) is 4.51. The first kappa shape index (κ1) is 16.2. The van der Waals surface area contributed by atoms with Gasteiger partial charge in [-0.1, -0.05) is 6.07 Å². The molecule has 0 aliphatic carbocycles. The normalized spacial score (nSPS) is 17.6. The van der Waals surface area contributed by atoms with Gasteiger partial charge in [-0.15, -0.1) is 12.4 Å². The Labute approximate surface area is 124 Å². The first-order chi connectivity index (χ1) is 8.84. The van der Waals surface area contributed by atoms with Crippen molar-refractivity contribution in [3.8, 4) is 0 Å². The van der Waals surface area contributed by atoms with Gasteiger partial charge >= 0.3 is 0 Å². The third-order valence-corrected chi connectivity index (χ3v) is 3.44. The summed E-state index contributed by atoms with van der Waals surface area (Å²) in [7, 11) is 1.74. The summed E-state index contributed by atoms with van der Waals surface area (Å²) in [6.07, 6.45) is 0. The number of nitrogens with zero attached hydrogens (tertiary/aromatic N) is 3. The molecule has 1 aromatic rings. The molecule has 1 saturated heterocycles. The average molecular weight is 299 g/mol. The fraction of sp³-hybridized carbons (Fsp3) is 0.462. The van der Waals surface area contributed by atoms with E-state index in [9.17, 15) is 9.59 Å². The van der Waals surface area contributed by atoms with Gasteiger partial charge < -0.3 is 15.5 Å². The molecule has 1 aliphatic heterocycles. The number of likely N-dealkylation sites (N-methyl/N-ethyl adjacent to an activating group) is 1. The van der Waals surface area contributed by atoms with Crippen molar-refractivity contribution in [3.63, 3.8) is 0 Å². The molecule has 2 rings (SSSR count). The maximum Gasteiger partial charge on any atom is 0.273 e. The van der Waals surface area contributed by atoms with Crippen molar-refractivity contribution in [2.75, 3.05) is 25.9 Å². The highest BCUT2D eigenvalue weighted by molar-refractivity contribution is 5.98. The summed E-state index contributed by atoms with van der Waals surface area (Å²) in [5, 5.41) is 0. The Kier molecular flexibility index (Phi) is 4.60. The van der Waals surface area contributed by atoms with E-state index in [1.807, 2.05) is 0 Å². The number of hydrogen-bond donors (Lipinski definition) is 1. The molecule has 110 valence electrons. The lowest BCUT2D eigenvalue weighted by Crippen LogP contribution is -2.63. The Morgan fingerprint density at radius 3 is 2.60 bits per heavy atom. The second-order valence-electron chi connectivity index (χ2n) is 5.19. The van der Waals surface area contributed by atoms with Crippen LogP contribution < -0.4 is 5.73 Å². The molecule has 2 N–H and O–H groups in total. The summed E-state index contributed by atoms with van der Waals surface area (Å²) in [5.74, 6) is -0.0427. The van der Waals surface area contributed by atoms with Crippen molar-refractivity contribution >= 4 is 30.0 Å². The SMILES string of the molecule is CN1CCN(C(=O)c2cccc(N)n2)C(C)(C)C1=O.Cl. The zero-order chi connectivity index (χ0) is 14.2. The molecule has 0 aromatic carbocycles. The van der Waals surface area contributed by atoms with Crippen molar-refractivity contribution in [2.24, 2.45) is 0 Å². The Morgan fingerprint density at radius 1 is 1.35 bits per heavy atom. The molecule has 1 fully saturated rings. The Hall–Kier alpha value is -1.82. The molecule has 7 heteroatoms. The van der Waals surface area contributed by atoms with Gasteiger partial charge in [0.1, 0.15) is 17.1 Å². The third kappa shape index (κ3) is 2.70. The number of carbonyl (C=O) groups is 2. The summed E-state index contributed by atoms with van der Waals surface area (Å²) < 4.78 is 0. The molecular weight excluding hydrogens is 280 g/mol. The van der Waals surface area contributed by atoms with Crippen LogP contribution in [-0.2, 0) is 4.79 Å². The molecule has 2 heterocycles. The number of aromatic nitrogens is 1. The number of hydrogen-bond acceptors (Lipinski definition) is 4. The molecular formula is C13H19ClN4O2. The standard InChI is InChI=1S/C13H18N4O2.ClH/c1-13(2)12(19)16(3)7-8-17(13)11(18)9-5-4-6-10(14)15-9;/h4-6H,7-8H2,1-3H3,(H2,14,15);1H. The topological polar surface area (TPSA) is 79.5 Å². The van der Waals surface area contributed by atoms with E-state index >= 15 is 0 Å². The van der Waals surface area contributed by atoms with Crippen LogP contribution in [0.3, 0.4) is 0 Å². The van der Waals surface area contributed by atoms with Gasteiger partial charge in [0.2, 0.25) is 5.91 Å². The summed E-state index contributed by atoms with van der Waals surface area (Å²) >= 11 is 0. The number of pyridine rings is 1. The van der Waals surface area contributed by atoms with E-state index in [0.29, 0.717) is 18.9 Å². The van der Waals surface area contributed by atoms with Crippen LogP contribution in [0.2, 0.25) is 0 Å². The molecule has 0 bridgehead atoms. The van der Waals surface area contributed by atoms with Gasteiger partial charge in [0.05, 0.1) is 0 Å². The van der Waals surface area contributed by atoms with Gasteiger partial charge in [-0.05, 0) is 26.0 Å². The number of carbonyl (C=O) groups excluding carboxylic acids is 2. The van der Waals surface area contributed by atoms with Crippen LogP contribution in [0.5, 0.6) is 0 Å². The minimum absolute atomic E-state index is 0. The van der Waals surface area contributed by atoms with Gasteiger partial charge in [-0.3, -0.25) is 9.59 Å². The Morgan fingerprint density at radius 2 is 2.00 bits per heavy atom. The number of nitrogen functional groups attached to an aromatic ring is 1. The fourth-order valence-electron chi connectivity index (χ4n) is 2.28. The lowest BCUT2D eigenvalue weighted by molar-refractivity contribution is -0.144. The van der Waals surface area contributed by atoms with Gasteiger partial charge in [-0.2, -0.15) is 0 Å². The van der Waals surface area contributed by atoms with Crippen LogP contribution in [0.4, 0.5) is 5.82 Å². The van der Waals surface area contributed by atoms with Crippen LogP contribution in [-0.4, -0.2) is 52.3 Å². The van der Waals surface area contributed by atoms with Crippen LogP contribution in [0, 0.1) is 0 Å². The van der Waals surface area contributed by atoms with Crippen molar-refractivity contribution < 1.29 is 9.59 Å². The molecule has 1 aromatic heterocycles. The molecule has 0 atom stereocenters. The van der Waals surface area contributed by atoms with Crippen LogP contribution >= 0.6 is 12.4 Å². The lowest BCUT2D eigenvalue weighted by atomic mass is 9.97. The third-order valence-electron chi connectivity index (χ3n) is 3.44. The highest BCUT2D eigenvalue weighted by atomic mass is 35.5. The Bertz CT molecular complexity index is 533. The summed E-state index contributed by atoms with van der Waals surface area (Å²) in [4.78, 5) is 31.8. The van der Waals surface area contributed by atoms with Gasteiger partial charge in [-0.25, -0.2) is 4.98 Å². The van der Waals surface area contributed by atoms with E-state index in [-0.39, 0.29) is 29.9 Å². The van der Waals surface area contributed by atoms with E-state index in [2.05, 4.69) is 4.98 Å². The van der Waals surface area contributed by atoms with E-state index < -0.39 is 5.54 Å². The smallest absolute Gasteiger partial charge is 0.273 e. The van der Waals surface area contributed by atoms with Crippen LogP contribution in [0.1, 0.15) is 24.3 Å². The summed E-state index contributed by atoms with van der Waals surface area (Å²) in [5.41, 5.74) is 4.99. The second kappa shape index (κ2) is 5.66. The van der Waals surface area contributed by atoms with E-state index in [1.165, 1.54) is 0 Å². The molecule has 6 nitrogen and oxygen atoms in total. The number of nitrogens with two attached hydrogens (primary N) is 1. The van der Waals surface area contributed by atoms with Crippen LogP contribution in [0.15, 0.2) is 18.2 Å². The molecule has 20 heavy (non-hydrogen) atoms. The van der Waals surface area contributed by atoms with Crippen molar-refractivity contribution in [1.82, 2.24) is 14.8 Å². The molecule has 2 amide bonds. The predicted octanol–water partition coefficient (Wildman–Crippen LogP) is 0.778. The average Bonchev–Trinajstić information content (AvgIpc) is 2.35. The minimum Gasteiger partial charge on any atom is -0.384 e. The van der Waals surface area contributed by atoms with E-state index in [0.717, 1.165) is 0 Å². The van der Waals surface area contributed by atoms with E-state index in [1.54, 1.807) is 48.9 Å². The number of piperazine rings is 1. The molecule has 0 spiro atoms. The largest absolute Gasteiger partial charge is 0.384 e. The van der Waals surface area contributed by atoms with Crippen molar-refractivity contribution in [1.29, 1.82) is 0 Å². The molecule has 0 radical (unpaired) electrons. The predicted molar refractivity (Wildman–Crippen MR) is 78.6 cm³/mol. The fourth-order valence-corrected chi connectivity index (χ4v) is 2.28. The second-order valence-corrected chi connectivity index (χ2v) is 5.19. The van der Waals surface area contributed by atoms with Gasteiger partial charge in [0, 0.05) is 20.1 Å². The number of halogens is 1. The lowest BCUT2D eigenvalue weighted by Gasteiger charge is -2.44. The number of anilines is 1. The van der Waals surface area contributed by atoms with Gasteiger partial charge in [0.15, 0.2) is 0 Å². The van der Waals surface area contributed by atoms with E-state index in [4.69, 9.17) is 5.73 Å². The maximum absolute atomic E-state index is 12.5. The molecule has 1 aliphatic rings. The number of rotatable bonds is 1. The minimum atomic E-state index is -0.865. The first-order valence-corrected chi connectivity index (χ1v) is 6.14. The maximum atomic E-state index is 12.5. The number of amides is 2. The highest BCUT2D eigenvalue weighted by Crippen LogP contribution is 2.23. The van der Waals surface area contributed by atoms with Crippen molar-refractivity contribution in [3.05, 3.63) is 23.9 Å². The first-order valence-electron chi connectivity index (χ1n) is 6.14.